The van der Waals surface area contributed by atoms with E-state index in [0.717, 1.165) is 21.6 Å². The molecule has 102 valence electrons. The molecule has 2 aromatic rings. The van der Waals surface area contributed by atoms with Crippen LogP contribution in [0.15, 0.2) is 22.7 Å². The monoisotopic (exact) mass is 321 g/mol. The van der Waals surface area contributed by atoms with Crippen LogP contribution in [0.1, 0.15) is 32.2 Å². The lowest BCUT2D eigenvalue weighted by Gasteiger charge is -2.17. The molecule has 2 N–H and O–H groups in total. The average Bonchev–Trinajstić information content (AvgIpc) is 2.60. The number of benzene rings is 1. The minimum Gasteiger partial charge on any atom is -0.383 e. The molecule has 4 heteroatoms. The third kappa shape index (κ3) is 2.54. The minimum atomic E-state index is -0.0248. The SMILES string of the molecule is Cc1ccc(-c2nc(C(C)(C)C)n(C)c2N)cc1Br. The third-order valence-electron chi connectivity index (χ3n) is 3.26. The van der Waals surface area contributed by atoms with Gasteiger partial charge in [-0.15, -0.1) is 0 Å². The van der Waals surface area contributed by atoms with Crippen LogP contribution in [0.5, 0.6) is 0 Å². The highest BCUT2D eigenvalue weighted by Gasteiger charge is 2.23. The Morgan fingerprint density at radius 3 is 2.37 bits per heavy atom. The van der Waals surface area contributed by atoms with E-state index in [0.29, 0.717) is 5.82 Å². The Labute approximate surface area is 123 Å². The summed E-state index contributed by atoms with van der Waals surface area (Å²) in [5.74, 6) is 1.71. The summed E-state index contributed by atoms with van der Waals surface area (Å²) in [7, 11) is 1.97. The van der Waals surface area contributed by atoms with E-state index in [1.807, 2.05) is 11.6 Å². The standard InChI is InChI=1S/C15H20BrN3/c1-9-6-7-10(8-11(9)16)12-13(17)19(5)14(18-12)15(2,3)4/h6-8H,17H2,1-5H3. The molecular weight excluding hydrogens is 302 g/mol. The van der Waals surface area contributed by atoms with Crippen molar-refractivity contribution in [1.82, 2.24) is 9.55 Å². The van der Waals surface area contributed by atoms with Gasteiger partial charge in [-0.3, -0.25) is 0 Å². The quantitative estimate of drug-likeness (QED) is 0.861. The van der Waals surface area contributed by atoms with E-state index in [9.17, 15) is 0 Å². The van der Waals surface area contributed by atoms with Crippen LogP contribution in [-0.4, -0.2) is 9.55 Å². The molecule has 2 rings (SSSR count). The van der Waals surface area contributed by atoms with Crippen molar-refractivity contribution < 1.29 is 0 Å². The van der Waals surface area contributed by atoms with Gasteiger partial charge in [-0.2, -0.15) is 0 Å². The topological polar surface area (TPSA) is 43.8 Å². The molecule has 0 saturated carbocycles. The third-order valence-corrected chi connectivity index (χ3v) is 4.11. The Kier molecular flexibility index (Phi) is 3.47. The Bertz CT molecular complexity index is 621. The molecule has 0 amide bonds. The van der Waals surface area contributed by atoms with Crippen LogP contribution in [0.4, 0.5) is 5.82 Å². The van der Waals surface area contributed by atoms with Gasteiger partial charge in [0.15, 0.2) is 0 Å². The first-order chi connectivity index (χ1) is 8.71. The first-order valence-electron chi connectivity index (χ1n) is 6.31. The van der Waals surface area contributed by atoms with Crippen LogP contribution in [0, 0.1) is 6.92 Å². The van der Waals surface area contributed by atoms with E-state index in [-0.39, 0.29) is 5.41 Å². The first-order valence-corrected chi connectivity index (χ1v) is 7.10. The zero-order valence-corrected chi connectivity index (χ0v) is 13.7. The van der Waals surface area contributed by atoms with Gasteiger partial charge < -0.3 is 10.3 Å². The van der Waals surface area contributed by atoms with Crippen LogP contribution in [0.25, 0.3) is 11.3 Å². The first kappa shape index (κ1) is 14.1. The predicted octanol–water partition coefficient (Wildman–Crippen LogP) is 4.04. The summed E-state index contributed by atoms with van der Waals surface area (Å²) in [6, 6.07) is 6.20. The zero-order chi connectivity index (χ0) is 14.4. The maximum atomic E-state index is 6.21. The fourth-order valence-electron chi connectivity index (χ4n) is 2.13. The Balaban J connectivity index is 2.60. The number of nitrogen functional groups attached to an aromatic ring is 1. The number of hydrogen-bond acceptors (Lipinski definition) is 2. The second-order valence-electron chi connectivity index (χ2n) is 5.94. The number of hydrogen-bond donors (Lipinski definition) is 1. The van der Waals surface area contributed by atoms with Crippen molar-refractivity contribution >= 4 is 21.7 Å². The van der Waals surface area contributed by atoms with Gasteiger partial charge in [-0.25, -0.2) is 4.98 Å². The van der Waals surface area contributed by atoms with Crippen LogP contribution in [0.2, 0.25) is 0 Å². The normalized spacial score (nSPS) is 11.9. The van der Waals surface area contributed by atoms with Crippen molar-refractivity contribution in [1.29, 1.82) is 0 Å². The summed E-state index contributed by atoms with van der Waals surface area (Å²) in [4.78, 5) is 4.74. The minimum absolute atomic E-state index is 0.0248. The molecule has 0 aliphatic heterocycles. The van der Waals surface area contributed by atoms with Crippen molar-refractivity contribution in [3.8, 4) is 11.3 Å². The molecule has 19 heavy (non-hydrogen) atoms. The maximum Gasteiger partial charge on any atom is 0.131 e. The zero-order valence-electron chi connectivity index (χ0n) is 12.1. The van der Waals surface area contributed by atoms with E-state index < -0.39 is 0 Å². The highest BCUT2D eigenvalue weighted by molar-refractivity contribution is 9.10. The largest absolute Gasteiger partial charge is 0.383 e. The van der Waals surface area contributed by atoms with Crippen LogP contribution < -0.4 is 5.73 Å². The number of halogens is 1. The lowest BCUT2D eigenvalue weighted by Crippen LogP contribution is -2.17. The van der Waals surface area contributed by atoms with Crippen LogP contribution in [0.3, 0.4) is 0 Å². The maximum absolute atomic E-state index is 6.21. The van der Waals surface area contributed by atoms with Gasteiger partial charge in [0.25, 0.3) is 0 Å². The molecule has 0 unspecified atom stereocenters. The molecule has 1 heterocycles. The molecule has 1 aromatic carbocycles. The van der Waals surface area contributed by atoms with E-state index in [1.54, 1.807) is 0 Å². The molecule has 0 aliphatic rings. The number of aryl methyl sites for hydroxylation is 1. The van der Waals surface area contributed by atoms with Crippen LogP contribution >= 0.6 is 15.9 Å². The Hall–Kier alpha value is -1.29. The molecule has 0 spiro atoms. The second kappa shape index (κ2) is 4.67. The van der Waals surface area contributed by atoms with E-state index in [4.69, 9.17) is 10.7 Å². The van der Waals surface area contributed by atoms with Crippen molar-refractivity contribution in [2.75, 3.05) is 5.73 Å². The van der Waals surface area contributed by atoms with E-state index >= 15 is 0 Å². The molecule has 0 atom stereocenters. The smallest absolute Gasteiger partial charge is 0.131 e. The molecule has 0 bridgehead atoms. The van der Waals surface area contributed by atoms with Crippen molar-refractivity contribution in [2.24, 2.45) is 7.05 Å². The van der Waals surface area contributed by atoms with Gasteiger partial charge in [-0.05, 0) is 18.6 Å². The lowest BCUT2D eigenvalue weighted by atomic mass is 9.96. The second-order valence-corrected chi connectivity index (χ2v) is 6.80. The van der Waals surface area contributed by atoms with E-state index in [2.05, 4.69) is 61.8 Å². The highest BCUT2D eigenvalue weighted by atomic mass is 79.9. The van der Waals surface area contributed by atoms with Crippen molar-refractivity contribution in [3.05, 3.63) is 34.1 Å². The summed E-state index contributed by atoms with van der Waals surface area (Å²) < 4.78 is 3.05. The molecule has 0 fully saturated rings. The number of aromatic nitrogens is 2. The number of nitrogens with zero attached hydrogens (tertiary/aromatic N) is 2. The summed E-state index contributed by atoms with van der Waals surface area (Å²) in [5.41, 5.74) is 9.28. The summed E-state index contributed by atoms with van der Waals surface area (Å²) in [6.07, 6.45) is 0. The predicted molar refractivity (Wildman–Crippen MR) is 84.2 cm³/mol. The van der Waals surface area contributed by atoms with Crippen molar-refractivity contribution in [2.45, 2.75) is 33.1 Å². The molecule has 1 aromatic heterocycles. The van der Waals surface area contributed by atoms with Gasteiger partial charge in [-0.1, -0.05) is 48.8 Å². The number of rotatable bonds is 1. The Morgan fingerprint density at radius 2 is 1.89 bits per heavy atom. The number of nitrogens with two attached hydrogens (primary N) is 1. The molecule has 3 nitrogen and oxygen atoms in total. The molecule has 0 radical (unpaired) electrons. The van der Waals surface area contributed by atoms with Crippen molar-refractivity contribution in [3.63, 3.8) is 0 Å². The van der Waals surface area contributed by atoms with Gasteiger partial charge >= 0.3 is 0 Å². The number of anilines is 1. The molecule has 0 saturated heterocycles. The number of imidazole rings is 1. The lowest BCUT2D eigenvalue weighted by molar-refractivity contribution is 0.524. The Morgan fingerprint density at radius 1 is 1.26 bits per heavy atom. The highest BCUT2D eigenvalue weighted by Crippen LogP contribution is 2.32. The van der Waals surface area contributed by atoms with Gasteiger partial charge in [0, 0.05) is 22.5 Å². The summed E-state index contributed by atoms with van der Waals surface area (Å²) in [5, 5.41) is 0. The average molecular weight is 322 g/mol. The van der Waals surface area contributed by atoms with Gasteiger partial charge in [0.05, 0.1) is 0 Å². The summed E-state index contributed by atoms with van der Waals surface area (Å²) in [6.45, 7) is 8.49. The molecular formula is C15H20BrN3. The fourth-order valence-corrected chi connectivity index (χ4v) is 2.51. The van der Waals surface area contributed by atoms with Gasteiger partial charge in [0.2, 0.25) is 0 Å². The summed E-state index contributed by atoms with van der Waals surface area (Å²) >= 11 is 3.56. The van der Waals surface area contributed by atoms with E-state index in [1.165, 1.54) is 5.56 Å². The van der Waals surface area contributed by atoms with Crippen LogP contribution in [-0.2, 0) is 12.5 Å². The fraction of sp³-hybridized carbons (Fsp3) is 0.400. The van der Waals surface area contributed by atoms with Gasteiger partial charge in [0.1, 0.15) is 17.3 Å². The molecule has 0 aliphatic carbocycles.